The van der Waals surface area contributed by atoms with Crippen LogP contribution in [0.1, 0.15) is 35.1 Å². The molecule has 6 nitrogen and oxygen atoms in total. The van der Waals surface area contributed by atoms with Crippen molar-refractivity contribution in [2.24, 2.45) is 7.05 Å². The quantitative estimate of drug-likeness (QED) is 0.429. The molecule has 6 heteroatoms. The third-order valence-corrected chi connectivity index (χ3v) is 5.71. The molecule has 0 radical (unpaired) electrons. The molecule has 0 spiro atoms. The fourth-order valence-corrected chi connectivity index (χ4v) is 3.92. The summed E-state index contributed by atoms with van der Waals surface area (Å²) in [4.78, 5) is 17.1. The van der Waals surface area contributed by atoms with Crippen molar-refractivity contribution in [3.63, 3.8) is 0 Å². The minimum Gasteiger partial charge on any atom is -0.461 e. The predicted octanol–water partition coefficient (Wildman–Crippen LogP) is 4.67. The van der Waals surface area contributed by atoms with Crippen molar-refractivity contribution < 1.29 is 9.53 Å². The summed E-state index contributed by atoms with van der Waals surface area (Å²) in [6.07, 6.45) is 0.191. The molecule has 160 valence electrons. The summed E-state index contributed by atoms with van der Waals surface area (Å²) in [6.45, 7) is 9.09. The second-order valence-electron chi connectivity index (χ2n) is 8.03. The van der Waals surface area contributed by atoms with Crippen molar-refractivity contribution in [2.45, 2.75) is 47.3 Å². The summed E-state index contributed by atoms with van der Waals surface area (Å²) >= 11 is 0. The molecule has 0 saturated carbocycles. The molecular formula is C25H28N4O2. The standard InChI is InChI=1S/C25H28N4O2/c1-6-29-20(13-22(27-29)21-9-7-16(2)11-17(21)3)14-25(30)31-15-19-8-10-24-23(12-19)26-18(4)28(24)5/h7-13H,6,14-15H2,1-5H3. The summed E-state index contributed by atoms with van der Waals surface area (Å²) in [5.74, 6) is 0.690. The molecule has 0 saturated heterocycles. The maximum absolute atomic E-state index is 12.6. The van der Waals surface area contributed by atoms with E-state index in [4.69, 9.17) is 9.84 Å². The van der Waals surface area contributed by atoms with E-state index in [2.05, 4.69) is 37.0 Å². The molecule has 0 bridgehead atoms. The monoisotopic (exact) mass is 416 g/mol. The second-order valence-corrected chi connectivity index (χ2v) is 8.03. The lowest BCUT2D eigenvalue weighted by Crippen LogP contribution is -2.12. The molecular weight excluding hydrogens is 388 g/mol. The topological polar surface area (TPSA) is 61.9 Å². The van der Waals surface area contributed by atoms with Gasteiger partial charge in [-0.1, -0.05) is 29.8 Å². The minimum absolute atomic E-state index is 0.191. The van der Waals surface area contributed by atoms with Gasteiger partial charge in [0.05, 0.1) is 28.8 Å². The minimum atomic E-state index is -0.265. The maximum atomic E-state index is 12.6. The average Bonchev–Trinajstić information content (AvgIpc) is 3.26. The lowest BCUT2D eigenvalue weighted by Gasteiger charge is -2.06. The molecule has 0 amide bonds. The number of rotatable bonds is 6. The Labute approximate surface area is 182 Å². The van der Waals surface area contributed by atoms with Gasteiger partial charge in [-0.2, -0.15) is 5.10 Å². The molecule has 0 aliphatic rings. The number of hydrogen-bond acceptors (Lipinski definition) is 4. The fraction of sp³-hybridized carbons (Fsp3) is 0.320. The first-order valence-corrected chi connectivity index (χ1v) is 10.6. The van der Waals surface area contributed by atoms with E-state index in [1.54, 1.807) is 0 Å². The molecule has 2 aromatic heterocycles. The summed E-state index contributed by atoms with van der Waals surface area (Å²) in [6, 6.07) is 14.3. The summed E-state index contributed by atoms with van der Waals surface area (Å²) in [5.41, 5.74) is 8.14. The van der Waals surface area contributed by atoms with Gasteiger partial charge >= 0.3 is 5.97 Å². The highest BCUT2D eigenvalue weighted by molar-refractivity contribution is 5.77. The number of benzene rings is 2. The molecule has 0 fully saturated rings. The Kier molecular flexibility index (Phi) is 5.63. The second kappa shape index (κ2) is 8.38. The Morgan fingerprint density at radius 3 is 2.61 bits per heavy atom. The van der Waals surface area contributed by atoms with Gasteiger partial charge in [-0.3, -0.25) is 9.48 Å². The van der Waals surface area contributed by atoms with Gasteiger partial charge in [0.1, 0.15) is 12.4 Å². The van der Waals surface area contributed by atoms with Crippen molar-refractivity contribution >= 4 is 17.0 Å². The van der Waals surface area contributed by atoms with Crippen LogP contribution in [-0.2, 0) is 36.2 Å². The number of aryl methyl sites for hydroxylation is 5. The highest BCUT2D eigenvalue weighted by Crippen LogP contribution is 2.24. The average molecular weight is 417 g/mol. The van der Waals surface area contributed by atoms with Gasteiger partial charge in [0.2, 0.25) is 0 Å². The van der Waals surface area contributed by atoms with E-state index < -0.39 is 0 Å². The zero-order chi connectivity index (χ0) is 22.1. The Hall–Kier alpha value is -3.41. The van der Waals surface area contributed by atoms with Gasteiger partial charge in [0.15, 0.2) is 0 Å². The highest BCUT2D eigenvalue weighted by atomic mass is 16.5. The van der Waals surface area contributed by atoms with E-state index in [9.17, 15) is 4.79 Å². The molecule has 0 aliphatic carbocycles. The first kappa shape index (κ1) is 20.8. The molecule has 2 heterocycles. The summed E-state index contributed by atoms with van der Waals surface area (Å²) in [7, 11) is 1.99. The third kappa shape index (κ3) is 4.24. The van der Waals surface area contributed by atoms with Crippen LogP contribution in [0.3, 0.4) is 0 Å². The van der Waals surface area contributed by atoms with Crippen molar-refractivity contribution in [1.29, 1.82) is 0 Å². The van der Waals surface area contributed by atoms with Crippen LogP contribution >= 0.6 is 0 Å². The number of aromatic nitrogens is 4. The van der Waals surface area contributed by atoms with Crippen LogP contribution in [0.5, 0.6) is 0 Å². The normalized spacial score (nSPS) is 11.3. The Bertz CT molecular complexity index is 1270. The van der Waals surface area contributed by atoms with Crippen molar-refractivity contribution in [2.75, 3.05) is 0 Å². The van der Waals surface area contributed by atoms with Crippen molar-refractivity contribution in [1.82, 2.24) is 19.3 Å². The van der Waals surface area contributed by atoms with Crippen LogP contribution in [0.4, 0.5) is 0 Å². The number of fused-ring (bicyclic) bond motifs is 1. The van der Waals surface area contributed by atoms with Crippen molar-refractivity contribution in [3.05, 3.63) is 70.7 Å². The molecule has 0 aliphatic heterocycles. The highest BCUT2D eigenvalue weighted by Gasteiger charge is 2.15. The SMILES string of the molecule is CCn1nc(-c2ccc(C)cc2C)cc1CC(=O)OCc1ccc2c(c1)nc(C)n2C. The third-order valence-electron chi connectivity index (χ3n) is 5.71. The van der Waals surface area contributed by atoms with Crippen LogP contribution in [0.2, 0.25) is 0 Å². The van der Waals surface area contributed by atoms with Crippen LogP contribution in [0, 0.1) is 20.8 Å². The van der Waals surface area contributed by atoms with E-state index in [1.165, 1.54) is 11.1 Å². The number of hydrogen-bond donors (Lipinski definition) is 0. The lowest BCUT2D eigenvalue weighted by molar-refractivity contribution is -0.144. The molecule has 0 atom stereocenters. The van der Waals surface area contributed by atoms with Gasteiger partial charge in [-0.05, 0) is 57.0 Å². The van der Waals surface area contributed by atoms with Gasteiger partial charge in [-0.15, -0.1) is 0 Å². The largest absolute Gasteiger partial charge is 0.461 e. The maximum Gasteiger partial charge on any atom is 0.312 e. The smallest absolute Gasteiger partial charge is 0.312 e. The van der Waals surface area contributed by atoms with Gasteiger partial charge in [-0.25, -0.2) is 4.98 Å². The van der Waals surface area contributed by atoms with Gasteiger partial charge in [0, 0.05) is 19.2 Å². The number of ether oxygens (including phenoxy) is 1. The Morgan fingerprint density at radius 1 is 1.06 bits per heavy atom. The van der Waals surface area contributed by atoms with Crippen LogP contribution in [-0.4, -0.2) is 25.3 Å². The molecule has 4 rings (SSSR count). The Balaban J connectivity index is 1.46. The number of esters is 1. The van der Waals surface area contributed by atoms with E-state index >= 15 is 0 Å². The van der Waals surface area contributed by atoms with E-state index in [-0.39, 0.29) is 19.0 Å². The van der Waals surface area contributed by atoms with Crippen LogP contribution in [0.25, 0.3) is 22.3 Å². The summed E-state index contributed by atoms with van der Waals surface area (Å²) < 4.78 is 9.48. The predicted molar refractivity (Wildman–Crippen MR) is 122 cm³/mol. The van der Waals surface area contributed by atoms with Crippen molar-refractivity contribution in [3.8, 4) is 11.3 Å². The number of carbonyl (C=O) groups is 1. The fourth-order valence-electron chi connectivity index (χ4n) is 3.92. The number of carbonyl (C=O) groups excluding carboxylic acids is 1. The van der Waals surface area contributed by atoms with Gasteiger partial charge in [0.25, 0.3) is 0 Å². The van der Waals surface area contributed by atoms with Crippen LogP contribution in [0.15, 0.2) is 42.5 Å². The zero-order valence-electron chi connectivity index (χ0n) is 18.8. The van der Waals surface area contributed by atoms with E-state index in [0.29, 0.717) is 6.54 Å². The summed E-state index contributed by atoms with van der Waals surface area (Å²) in [5, 5.41) is 4.70. The first-order chi connectivity index (χ1) is 14.9. The van der Waals surface area contributed by atoms with Gasteiger partial charge < -0.3 is 9.30 Å². The molecule has 2 aromatic carbocycles. The number of nitrogens with zero attached hydrogens (tertiary/aromatic N) is 4. The van der Waals surface area contributed by atoms with E-state index in [0.717, 1.165) is 39.4 Å². The first-order valence-electron chi connectivity index (χ1n) is 10.6. The lowest BCUT2D eigenvalue weighted by atomic mass is 10.0. The zero-order valence-corrected chi connectivity index (χ0v) is 18.8. The number of imidazole rings is 1. The van der Waals surface area contributed by atoms with Crippen LogP contribution < -0.4 is 0 Å². The molecule has 0 N–H and O–H groups in total. The molecule has 31 heavy (non-hydrogen) atoms. The Morgan fingerprint density at radius 2 is 1.87 bits per heavy atom. The van der Waals surface area contributed by atoms with E-state index in [1.807, 2.05) is 54.4 Å². The molecule has 0 unspecified atom stereocenters. The molecule has 4 aromatic rings.